The summed E-state index contributed by atoms with van der Waals surface area (Å²) in [6.07, 6.45) is 6.27. The summed E-state index contributed by atoms with van der Waals surface area (Å²) >= 11 is 0. The van der Waals surface area contributed by atoms with E-state index < -0.39 is 0 Å². The predicted octanol–water partition coefficient (Wildman–Crippen LogP) is 2.11. The van der Waals surface area contributed by atoms with E-state index >= 15 is 0 Å². The molecule has 2 aliphatic rings. The van der Waals surface area contributed by atoms with Crippen molar-refractivity contribution in [2.24, 2.45) is 5.92 Å². The minimum absolute atomic E-state index is 0.111. The van der Waals surface area contributed by atoms with Crippen LogP contribution < -0.4 is 5.32 Å². The van der Waals surface area contributed by atoms with Gasteiger partial charge in [0.15, 0.2) is 5.82 Å². The van der Waals surface area contributed by atoms with Crippen molar-refractivity contribution in [1.82, 2.24) is 30.4 Å². The molecule has 1 N–H and O–H groups in total. The van der Waals surface area contributed by atoms with Crippen molar-refractivity contribution < 1.29 is 9.18 Å². The van der Waals surface area contributed by atoms with E-state index in [1.165, 1.54) is 29.7 Å². The number of carbonyl (C=O) groups excluding carboxylic acids is 1. The molecule has 4 rings (SSSR count). The number of aryl methyl sites for hydroxylation is 1. The van der Waals surface area contributed by atoms with Crippen LogP contribution in [0.15, 0.2) is 24.3 Å². The lowest BCUT2D eigenvalue weighted by atomic mass is 10.0. The molecule has 0 bridgehead atoms. The molecule has 1 aliphatic carbocycles. The molecule has 0 unspecified atom stereocenters. The third-order valence-electron chi connectivity index (χ3n) is 5.42. The number of nitrogens with zero attached hydrogens (tertiary/aromatic N) is 5. The number of rotatable bonds is 6. The first kappa shape index (κ1) is 18.7. The van der Waals surface area contributed by atoms with Gasteiger partial charge in [0.25, 0.3) is 5.91 Å². The first-order valence-corrected chi connectivity index (χ1v) is 9.85. The molecule has 1 saturated heterocycles. The number of piperidine rings is 1. The smallest absolute Gasteiger partial charge is 0.272 e. The average molecular weight is 384 g/mol. The van der Waals surface area contributed by atoms with E-state index in [2.05, 4.69) is 20.8 Å². The second-order valence-corrected chi connectivity index (χ2v) is 7.64. The van der Waals surface area contributed by atoms with Gasteiger partial charge >= 0.3 is 0 Å². The number of amides is 1. The van der Waals surface area contributed by atoms with Crippen LogP contribution in [0, 0.1) is 18.7 Å². The quantitative estimate of drug-likeness (QED) is 0.772. The van der Waals surface area contributed by atoms with Crippen LogP contribution in [-0.2, 0) is 4.79 Å². The predicted molar refractivity (Wildman–Crippen MR) is 103 cm³/mol. The normalized spacial score (nSPS) is 18.5. The number of hydrogen-bond donors (Lipinski definition) is 1. The van der Waals surface area contributed by atoms with Gasteiger partial charge in [0.2, 0.25) is 0 Å². The highest BCUT2D eigenvalue weighted by Gasteiger charge is 2.28. The third-order valence-corrected chi connectivity index (χ3v) is 5.42. The molecule has 0 atom stereocenters. The van der Waals surface area contributed by atoms with E-state index in [-0.39, 0.29) is 11.7 Å². The number of tetrazole rings is 1. The topological polar surface area (TPSA) is 75.9 Å². The Morgan fingerprint density at radius 3 is 2.54 bits per heavy atom. The van der Waals surface area contributed by atoms with Gasteiger partial charge in [0.1, 0.15) is 11.5 Å². The van der Waals surface area contributed by atoms with Crippen LogP contribution in [0.4, 0.5) is 4.39 Å². The fraction of sp³-hybridized carbons (Fsp3) is 0.500. The van der Waals surface area contributed by atoms with Gasteiger partial charge < -0.3 is 10.2 Å². The minimum atomic E-state index is -0.315. The van der Waals surface area contributed by atoms with E-state index in [4.69, 9.17) is 0 Å². The van der Waals surface area contributed by atoms with E-state index in [0.29, 0.717) is 30.7 Å². The Kier molecular flexibility index (Phi) is 5.47. The zero-order valence-corrected chi connectivity index (χ0v) is 16.0. The molecule has 1 aliphatic heterocycles. The summed E-state index contributed by atoms with van der Waals surface area (Å²) < 4.78 is 14.7. The SMILES string of the molecule is Cc1nnnn1/C(=C/c1ccc(F)cc1)C(=O)N1CCC(NCC2CC2)CC1. The van der Waals surface area contributed by atoms with Crippen molar-refractivity contribution in [1.29, 1.82) is 0 Å². The highest BCUT2D eigenvalue weighted by atomic mass is 19.1. The third kappa shape index (κ3) is 4.44. The summed E-state index contributed by atoms with van der Waals surface area (Å²) in [5.41, 5.74) is 1.10. The minimum Gasteiger partial charge on any atom is -0.337 e. The summed E-state index contributed by atoms with van der Waals surface area (Å²) in [6, 6.07) is 6.49. The first-order valence-electron chi connectivity index (χ1n) is 9.85. The van der Waals surface area contributed by atoms with Crippen molar-refractivity contribution in [3.05, 3.63) is 41.5 Å². The molecule has 1 amide bonds. The fourth-order valence-electron chi connectivity index (χ4n) is 3.49. The van der Waals surface area contributed by atoms with Gasteiger partial charge in [0.05, 0.1) is 0 Å². The molecule has 1 aromatic carbocycles. The van der Waals surface area contributed by atoms with Gasteiger partial charge in [-0.15, -0.1) is 5.10 Å². The maximum Gasteiger partial charge on any atom is 0.272 e. The molecular formula is C20H25FN6O. The summed E-state index contributed by atoms with van der Waals surface area (Å²) in [5.74, 6) is 0.958. The molecule has 2 aromatic rings. The molecule has 2 fully saturated rings. The maximum atomic E-state index is 13.2. The van der Waals surface area contributed by atoms with Crippen LogP contribution in [0.25, 0.3) is 11.8 Å². The van der Waals surface area contributed by atoms with Crippen molar-refractivity contribution in [3.8, 4) is 0 Å². The van der Waals surface area contributed by atoms with Crippen molar-refractivity contribution >= 4 is 17.7 Å². The van der Waals surface area contributed by atoms with Gasteiger partial charge in [-0.2, -0.15) is 4.68 Å². The van der Waals surface area contributed by atoms with E-state index in [1.807, 2.05) is 4.90 Å². The van der Waals surface area contributed by atoms with E-state index in [9.17, 15) is 9.18 Å². The van der Waals surface area contributed by atoms with Crippen LogP contribution in [0.1, 0.15) is 37.1 Å². The van der Waals surface area contributed by atoms with Crippen LogP contribution in [0.2, 0.25) is 0 Å². The van der Waals surface area contributed by atoms with Gasteiger partial charge in [-0.3, -0.25) is 4.79 Å². The highest BCUT2D eigenvalue weighted by Crippen LogP contribution is 2.28. The monoisotopic (exact) mass is 384 g/mol. The number of aromatic nitrogens is 4. The molecule has 2 heterocycles. The number of likely N-dealkylation sites (tertiary alicyclic amines) is 1. The van der Waals surface area contributed by atoms with Gasteiger partial charge in [0, 0.05) is 19.1 Å². The lowest BCUT2D eigenvalue weighted by Crippen LogP contribution is -2.46. The van der Waals surface area contributed by atoms with Gasteiger partial charge in [-0.25, -0.2) is 4.39 Å². The Morgan fingerprint density at radius 1 is 1.21 bits per heavy atom. The van der Waals surface area contributed by atoms with Gasteiger partial charge in [-0.05, 0) is 79.3 Å². The summed E-state index contributed by atoms with van der Waals surface area (Å²) in [7, 11) is 0. The molecule has 0 spiro atoms. The Bertz CT molecular complexity index is 850. The Balaban J connectivity index is 1.49. The summed E-state index contributed by atoms with van der Waals surface area (Å²) in [6.45, 7) is 4.24. The number of benzene rings is 1. The molecule has 148 valence electrons. The largest absolute Gasteiger partial charge is 0.337 e. The average Bonchev–Trinajstić information content (AvgIpc) is 3.45. The number of halogens is 1. The van der Waals surface area contributed by atoms with Crippen LogP contribution >= 0.6 is 0 Å². The van der Waals surface area contributed by atoms with Crippen LogP contribution in [0.5, 0.6) is 0 Å². The molecular weight excluding hydrogens is 359 g/mol. The van der Waals surface area contributed by atoms with E-state index in [1.54, 1.807) is 25.1 Å². The Morgan fingerprint density at radius 2 is 1.93 bits per heavy atom. The highest BCUT2D eigenvalue weighted by molar-refractivity contribution is 6.18. The van der Waals surface area contributed by atoms with Crippen LogP contribution in [0.3, 0.4) is 0 Å². The lowest BCUT2D eigenvalue weighted by molar-refractivity contribution is -0.126. The molecule has 7 nitrogen and oxygen atoms in total. The summed E-state index contributed by atoms with van der Waals surface area (Å²) in [4.78, 5) is 15.1. The lowest BCUT2D eigenvalue weighted by Gasteiger charge is -2.33. The Labute approximate surface area is 163 Å². The zero-order valence-electron chi connectivity index (χ0n) is 16.0. The van der Waals surface area contributed by atoms with Crippen LogP contribution in [-0.4, -0.2) is 56.7 Å². The number of nitrogens with one attached hydrogen (secondary N) is 1. The second-order valence-electron chi connectivity index (χ2n) is 7.64. The standard InChI is InChI=1S/C20H25FN6O/c1-14-23-24-25-27(14)19(12-15-4-6-17(21)7-5-15)20(28)26-10-8-18(9-11-26)22-13-16-2-3-16/h4-7,12,16,18,22H,2-3,8-11,13H2,1H3/b19-12+. The fourth-order valence-corrected chi connectivity index (χ4v) is 3.49. The van der Waals surface area contributed by atoms with Crippen molar-refractivity contribution in [3.63, 3.8) is 0 Å². The number of carbonyl (C=O) groups is 1. The van der Waals surface area contributed by atoms with E-state index in [0.717, 1.165) is 30.9 Å². The maximum absolute atomic E-state index is 13.2. The van der Waals surface area contributed by atoms with Crippen molar-refractivity contribution in [2.75, 3.05) is 19.6 Å². The Hall–Kier alpha value is -2.61. The van der Waals surface area contributed by atoms with Gasteiger partial charge in [-0.1, -0.05) is 12.1 Å². The first-order chi connectivity index (χ1) is 13.6. The molecule has 28 heavy (non-hydrogen) atoms. The molecule has 8 heteroatoms. The number of hydrogen-bond acceptors (Lipinski definition) is 5. The molecule has 0 radical (unpaired) electrons. The molecule has 1 saturated carbocycles. The second kappa shape index (κ2) is 8.18. The zero-order chi connectivity index (χ0) is 19.5. The molecule has 1 aromatic heterocycles. The van der Waals surface area contributed by atoms with Crippen molar-refractivity contribution in [2.45, 2.75) is 38.6 Å². The summed E-state index contributed by atoms with van der Waals surface area (Å²) in [5, 5.41) is 15.2.